The van der Waals surface area contributed by atoms with E-state index in [0.29, 0.717) is 18.0 Å². The van der Waals surface area contributed by atoms with Crippen LogP contribution in [-0.2, 0) is 9.59 Å². The first-order chi connectivity index (χ1) is 12.1. The second kappa shape index (κ2) is 6.23. The fraction of sp³-hybridized carbons (Fsp3) is 0.389. The number of anilines is 1. The molecule has 4 rings (SSSR count). The van der Waals surface area contributed by atoms with E-state index in [2.05, 4.69) is 5.16 Å². The van der Waals surface area contributed by atoms with Gasteiger partial charge in [0.15, 0.2) is 6.61 Å². The summed E-state index contributed by atoms with van der Waals surface area (Å²) in [4.78, 5) is 28.5. The predicted molar refractivity (Wildman–Crippen MR) is 89.2 cm³/mol. The average molecular weight is 341 g/mol. The number of fused-ring (bicyclic) bond motifs is 1. The van der Waals surface area contributed by atoms with E-state index in [1.54, 1.807) is 17.0 Å². The van der Waals surface area contributed by atoms with Crippen molar-refractivity contribution in [3.63, 3.8) is 0 Å². The van der Waals surface area contributed by atoms with Crippen molar-refractivity contribution in [3.05, 3.63) is 41.8 Å². The van der Waals surface area contributed by atoms with Crippen LogP contribution in [0.25, 0.3) is 0 Å². The molecule has 0 spiro atoms. The molecule has 3 heterocycles. The lowest BCUT2D eigenvalue weighted by Crippen LogP contribution is -2.46. The minimum absolute atomic E-state index is 0.00649. The molecule has 0 saturated carbocycles. The van der Waals surface area contributed by atoms with E-state index in [4.69, 9.17) is 9.26 Å². The zero-order valence-corrected chi connectivity index (χ0v) is 14.0. The Bertz CT molecular complexity index is 816. The number of likely N-dealkylation sites (tertiary alicyclic amines) is 1. The Morgan fingerprint density at radius 1 is 1.36 bits per heavy atom. The Labute approximate surface area is 145 Å². The van der Waals surface area contributed by atoms with E-state index in [9.17, 15) is 9.59 Å². The summed E-state index contributed by atoms with van der Waals surface area (Å²) in [5.74, 6) is 1.06. The van der Waals surface area contributed by atoms with Crippen molar-refractivity contribution in [2.24, 2.45) is 0 Å². The van der Waals surface area contributed by atoms with E-state index in [1.165, 1.54) is 4.90 Å². The number of aryl methyl sites for hydroxylation is 1. The molecule has 0 aliphatic carbocycles. The van der Waals surface area contributed by atoms with E-state index in [1.807, 2.05) is 25.1 Å². The van der Waals surface area contributed by atoms with Crippen LogP contribution in [0.1, 0.15) is 30.3 Å². The molecule has 1 aromatic carbocycles. The highest BCUT2D eigenvalue weighted by Crippen LogP contribution is 2.34. The second-order valence-electron chi connectivity index (χ2n) is 6.34. The highest BCUT2D eigenvalue weighted by molar-refractivity contribution is 6.02. The van der Waals surface area contributed by atoms with Gasteiger partial charge in [0.05, 0.1) is 11.7 Å². The summed E-state index contributed by atoms with van der Waals surface area (Å²) in [6.45, 7) is 2.46. The molecule has 1 aromatic heterocycles. The highest BCUT2D eigenvalue weighted by Gasteiger charge is 2.35. The van der Waals surface area contributed by atoms with Crippen LogP contribution in [0.4, 0.5) is 5.69 Å². The van der Waals surface area contributed by atoms with Crippen LogP contribution >= 0.6 is 0 Å². The van der Waals surface area contributed by atoms with E-state index >= 15 is 0 Å². The maximum atomic E-state index is 12.9. The summed E-state index contributed by atoms with van der Waals surface area (Å²) in [7, 11) is 0. The van der Waals surface area contributed by atoms with Crippen LogP contribution in [-0.4, -0.2) is 41.6 Å². The number of carbonyl (C=O) groups is 2. The van der Waals surface area contributed by atoms with E-state index in [0.717, 1.165) is 24.3 Å². The lowest BCUT2D eigenvalue weighted by Gasteiger charge is -2.31. The number of amides is 2. The third-order valence-corrected chi connectivity index (χ3v) is 4.66. The SMILES string of the molecule is Cc1cc(C2CCCN2C(=O)CN2C(=O)COc3ccccc32)no1. The number of hydrogen-bond acceptors (Lipinski definition) is 5. The van der Waals surface area contributed by atoms with Crippen molar-refractivity contribution in [3.8, 4) is 5.75 Å². The lowest BCUT2D eigenvalue weighted by molar-refractivity contribution is -0.132. The number of benzene rings is 1. The number of ether oxygens (including phenoxy) is 1. The lowest BCUT2D eigenvalue weighted by atomic mass is 10.1. The molecule has 2 aromatic rings. The molecule has 1 saturated heterocycles. The third kappa shape index (κ3) is 2.86. The first kappa shape index (κ1) is 15.7. The van der Waals surface area contributed by atoms with Crippen LogP contribution < -0.4 is 9.64 Å². The third-order valence-electron chi connectivity index (χ3n) is 4.66. The van der Waals surface area contributed by atoms with Crippen LogP contribution in [0.5, 0.6) is 5.75 Å². The molecule has 1 unspecified atom stereocenters. The molecule has 7 heteroatoms. The highest BCUT2D eigenvalue weighted by atomic mass is 16.5. The summed E-state index contributed by atoms with van der Waals surface area (Å²) in [6.07, 6.45) is 1.77. The van der Waals surface area contributed by atoms with E-state index < -0.39 is 0 Å². The van der Waals surface area contributed by atoms with Gasteiger partial charge in [0.2, 0.25) is 5.91 Å². The summed E-state index contributed by atoms with van der Waals surface area (Å²) in [5.41, 5.74) is 1.41. The minimum Gasteiger partial charge on any atom is -0.482 e. The second-order valence-corrected chi connectivity index (χ2v) is 6.34. The predicted octanol–water partition coefficient (Wildman–Crippen LogP) is 2.07. The number of aromatic nitrogens is 1. The van der Waals surface area contributed by atoms with Crippen molar-refractivity contribution < 1.29 is 18.8 Å². The number of rotatable bonds is 3. The van der Waals surface area contributed by atoms with Crippen LogP contribution in [0.15, 0.2) is 34.9 Å². The van der Waals surface area contributed by atoms with Gasteiger partial charge in [0.25, 0.3) is 5.91 Å². The maximum Gasteiger partial charge on any atom is 0.265 e. The van der Waals surface area contributed by atoms with Gasteiger partial charge in [-0.1, -0.05) is 17.3 Å². The fourth-order valence-corrected chi connectivity index (χ4v) is 3.47. The standard InChI is InChI=1S/C18H19N3O4/c1-12-9-13(19-25-12)14-6-4-8-20(14)17(22)10-21-15-5-2-3-7-16(15)24-11-18(21)23/h2-3,5,7,9,14H,4,6,8,10-11H2,1H3. The van der Waals surface area contributed by atoms with Crippen LogP contribution in [0, 0.1) is 6.92 Å². The van der Waals surface area contributed by atoms with E-state index in [-0.39, 0.29) is 31.0 Å². The molecule has 25 heavy (non-hydrogen) atoms. The zero-order chi connectivity index (χ0) is 17.4. The van der Waals surface area contributed by atoms with Gasteiger partial charge in [0.1, 0.15) is 23.7 Å². The molecule has 2 aliphatic heterocycles. The van der Waals surface area contributed by atoms with Crippen molar-refractivity contribution in [1.82, 2.24) is 10.1 Å². The molecular formula is C18H19N3O4. The normalized spacial score (nSPS) is 19.7. The zero-order valence-electron chi connectivity index (χ0n) is 14.0. The molecule has 0 N–H and O–H groups in total. The van der Waals surface area contributed by atoms with Gasteiger partial charge in [0, 0.05) is 12.6 Å². The maximum absolute atomic E-state index is 12.9. The summed E-state index contributed by atoms with van der Waals surface area (Å²) in [5, 5.41) is 4.06. The fourth-order valence-electron chi connectivity index (χ4n) is 3.47. The summed E-state index contributed by atoms with van der Waals surface area (Å²) in [6, 6.07) is 9.05. The quantitative estimate of drug-likeness (QED) is 0.854. The Hall–Kier alpha value is -2.83. The van der Waals surface area contributed by atoms with Crippen LogP contribution in [0.3, 0.4) is 0 Å². The van der Waals surface area contributed by atoms with Gasteiger partial charge in [-0.15, -0.1) is 0 Å². The van der Waals surface area contributed by atoms with Gasteiger partial charge in [-0.25, -0.2) is 0 Å². The van der Waals surface area contributed by atoms with Gasteiger partial charge in [-0.2, -0.15) is 0 Å². The summed E-state index contributed by atoms with van der Waals surface area (Å²) < 4.78 is 10.6. The Kier molecular flexibility index (Phi) is 3.91. The Morgan fingerprint density at radius 2 is 2.20 bits per heavy atom. The van der Waals surface area contributed by atoms with Gasteiger partial charge in [-0.05, 0) is 31.9 Å². The molecular weight excluding hydrogens is 322 g/mol. The molecule has 7 nitrogen and oxygen atoms in total. The van der Waals surface area contributed by atoms with Gasteiger partial charge < -0.3 is 14.2 Å². The van der Waals surface area contributed by atoms with Crippen molar-refractivity contribution >= 4 is 17.5 Å². The number of carbonyl (C=O) groups excluding carboxylic acids is 2. The molecule has 130 valence electrons. The topological polar surface area (TPSA) is 75.9 Å². The van der Waals surface area contributed by atoms with Gasteiger partial charge >= 0.3 is 0 Å². The van der Waals surface area contributed by atoms with Crippen molar-refractivity contribution in [2.75, 3.05) is 24.6 Å². The van der Waals surface area contributed by atoms with Crippen LogP contribution in [0.2, 0.25) is 0 Å². The number of para-hydroxylation sites is 2. The Balaban J connectivity index is 1.54. The smallest absolute Gasteiger partial charge is 0.265 e. The largest absolute Gasteiger partial charge is 0.482 e. The average Bonchev–Trinajstić information content (AvgIpc) is 3.26. The van der Waals surface area contributed by atoms with Crippen molar-refractivity contribution in [1.29, 1.82) is 0 Å². The molecule has 1 atom stereocenters. The monoisotopic (exact) mass is 341 g/mol. The number of nitrogens with zero attached hydrogens (tertiary/aromatic N) is 3. The molecule has 1 fully saturated rings. The van der Waals surface area contributed by atoms with Gasteiger partial charge in [-0.3, -0.25) is 14.5 Å². The molecule has 2 amide bonds. The molecule has 0 bridgehead atoms. The number of hydrogen-bond donors (Lipinski definition) is 0. The van der Waals surface area contributed by atoms with Crippen molar-refractivity contribution in [2.45, 2.75) is 25.8 Å². The Morgan fingerprint density at radius 3 is 3.00 bits per heavy atom. The summed E-state index contributed by atoms with van der Waals surface area (Å²) >= 11 is 0. The first-order valence-electron chi connectivity index (χ1n) is 8.38. The first-order valence-corrected chi connectivity index (χ1v) is 8.38. The minimum atomic E-state index is -0.208. The molecule has 2 aliphatic rings. The molecule has 0 radical (unpaired) electrons.